The number of para-hydroxylation sites is 1. The second-order valence-corrected chi connectivity index (χ2v) is 7.30. The van der Waals surface area contributed by atoms with Crippen molar-refractivity contribution in [3.63, 3.8) is 0 Å². The number of aryl methyl sites for hydroxylation is 1. The summed E-state index contributed by atoms with van der Waals surface area (Å²) in [6.07, 6.45) is 5.81. The lowest BCUT2D eigenvalue weighted by Gasteiger charge is -2.36. The van der Waals surface area contributed by atoms with E-state index in [0.717, 1.165) is 30.7 Å². The van der Waals surface area contributed by atoms with Gasteiger partial charge in [0.2, 0.25) is 0 Å². The van der Waals surface area contributed by atoms with Gasteiger partial charge in [0, 0.05) is 42.7 Å². The fourth-order valence-corrected chi connectivity index (χ4v) is 3.80. The first-order chi connectivity index (χ1) is 13.7. The molecule has 1 fully saturated rings. The number of pyridine rings is 1. The molecule has 6 heteroatoms. The Morgan fingerprint density at radius 3 is 2.86 bits per heavy atom. The van der Waals surface area contributed by atoms with Gasteiger partial charge in [-0.1, -0.05) is 18.2 Å². The molecule has 0 spiro atoms. The summed E-state index contributed by atoms with van der Waals surface area (Å²) in [6, 6.07) is 11.9. The zero-order valence-electron chi connectivity index (χ0n) is 16.1. The molecule has 1 amide bonds. The summed E-state index contributed by atoms with van der Waals surface area (Å²) >= 11 is 0. The summed E-state index contributed by atoms with van der Waals surface area (Å²) < 4.78 is 6.27. The molecule has 1 aliphatic rings. The summed E-state index contributed by atoms with van der Waals surface area (Å²) in [4.78, 5) is 20.7. The number of nitrogens with zero attached hydrogens (tertiary/aromatic N) is 1. The van der Waals surface area contributed by atoms with E-state index in [1.165, 1.54) is 10.9 Å². The third-order valence-corrected chi connectivity index (χ3v) is 5.44. The molecule has 6 nitrogen and oxygen atoms in total. The second kappa shape index (κ2) is 8.02. The normalized spacial score (nSPS) is 16.0. The van der Waals surface area contributed by atoms with Crippen LogP contribution in [-0.2, 0) is 11.2 Å². The number of ether oxygens (including phenoxy) is 1. The van der Waals surface area contributed by atoms with Crippen molar-refractivity contribution in [1.82, 2.24) is 20.6 Å². The van der Waals surface area contributed by atoms with Crippen LogP contribution in [0.2, 0.25) is 0 Å². The Morgan fingerprint density at radius 2 is 2.04 bits per heavy atom. The first-order valence-electron chi connectivity index (χ1n) is 9.83. The fraction of sp³-hybridized carbons (Fsp3) is 0.364. The molecule has 0 bridgehead atoms. The van der Waals surface area contributed by atoms with Gasteiger partial charge in [-0.25, -0.2) is 0 Å². The molecule has 3 heterocycles. The number of hydrogen-bond donors (Lipinski definition) is 3. The molecule has 0 atom stereocenters. The van der Waals surface area contributed by atoms with Crippen LogP contribution in [0.1, 0.15) is 24.1 Å². The maximum Gasteiger partial charge on any atom is 0.264 e. The standard InChI is InChI=1S/C22H26N4O2/c1-16-20(7-4-11-24-16)28-22(9-13-23-14-10-22)21(27)25-12-8-17-15-26-19-6-3-2-5-18(17)19/h2-7,11,15,23,26H,8-10,12-14H2,1H3,(H,25,27). The Balaban J connectivity index is 1.45. The zero-order chi connectivity index (χ0) is 19.4. The van der Waals surface area contributed by atoms with E-state index >= 15 is 0 Å². The van der Waals surface area contributed by atoms with E-state index < -0.39 is 5.60 Å². The van der Waals surface area contributed by atoms with Crippen LogP contribution in [0.15, 0.2) is 48.8 Å². The van der Waals surface area contributed by atoms with Crippen molar-refractivity contribution in [2.24, 2.45) is 0 Å². The van der Waals surface area contributed by atoms with Gasteiger partial charge in [0.05, 0.1) is 5.69 Å². The van der Waals surface area contributed by atoms with E-state index in [1.54, 1.807) is 6.20 Å². The Labute approximate surface area is 164 Å². The van der Waals surface area contributed by atoms with Gasteiger partial charge in [-0.15, -0.1) is 0 Å². The van der Waals surface area contributed by atoms with Crippen LogP contribution >= 0.6 is 0 Å². The predicted octanol–water partition coefficient (Wildman–Crippen LogP) is 2.73. The van der Waals surface area contributed by atoms with Crippen LogP contribution in [0, 0.1) is 6.92 Å². The molecular weight excluding hydrogens is 352 g/mol. The summed E-state index contributed by atoms with van der Waals surface area (Å²) in [5, 5.41) is 7.63. The van der Waals surface area contributed by atoms with Crippen molar-refractivity contribution in [1.29, 1.82) is 0 Å². The minimum absolute atomic E-state index is 0.0444. The van der Waals surface area contributed by atoms with E-state index in [2.05, 4.69) is 32.7 Å². The summed E-state index contributed by atoms with van der Waals surface area (Å²) in [5.74, 6) is 0.633. The van der Waals surface area contributed by atoms with Crippen molar-refractivity contribution < 1.29 is 9.53 Å². The number of amides is 1. The fourth-order valence-electron chi connectivity index (χ4n) is 3.80. The van der Waals surface area contributed by atoms with E-state index in [1.807, 2.05) is 37.4 Å². The molecule has 0 radical (unpaired) electrons. The van der Waals surface area contributed by atoms with Crippen molar-refractivity contribution in [3.05, 3.63) is 60.0 Å². The molecule has 4 rings (SSSR count). The van der Waals surface area contributed by atoms with Gasteiger partial charge in [-0.3, -0.25) is 9.78 Å². The van der Waals surface area contributed by atoms with Crippen molar-refractivity contribution in [2.45, 2.75) is 31.8 Å². The SMILES string of the molecule is Cc1ncccc1OC1(C(=O)NCCc2c[nH]c3ccccc23)CCNCC1. The van der Waals surface area contributed by atoms with Crippen LogP contribution in [0.3, 0.4) is 0 Å². The van der Waals surface area contributed by atoms with Gasteiger partial charge in [-0.05, 0) is 50.2 Å². The first kappa shape index (κ1) is 18.5. The third-order valence-electron chi connectivity index (χ3n) is 5.44. The van der Waals surface area contributed by atoms with Gasteiger partial charge in [0.15, 0.2) is 5.60 Å². The molecule has 3 aromatic rings. The van der Waals surface area contributed by atoms with Crippen molar-refractivity contribution in [3.8, 4) is 5.75 Å². The van der Waals surface area contributed by atoms with E-state index in [0.29, 0.717) is 25.1 Å². The first-order valence-corrected chi connectivity index (χ1v) is 9.83. The maximum atomic E-state index is 13.1. The van der Waals surface area contributed by atoms with Gasteiger partial charge in [0.25, 0.3) is 5.91 Å². The molecule has 1 aliphatic heterocycles. The topological polar surface area (TPSA) is 79.0 Å². The number of H-pyrrole nitrogens is 1. The quantitative estimate of drug-likeness (QED) is 0.616. The number of nitrogens with one attached hydrogen (secondary N) is 3. The van der Waals surface area contributed by atoms with Gasteiger partial charge >= 0.3 is 0 Å². The molecule has 1 aromatic carbocycles. The Kier molecular flexibility index (Phi) is 5.30. The van der Waals surface area contributed by atoms with Crippen LogP contribution in [0.5, 0.6) is 5.75 Å². The summed E-state index contributed by atoms with van der Waals surface area (Å²) in [5.41, 5.74) is 2.28. The Hall–Kier alpha value is -2.86. The lowest BCUT2D eigenvalue weighted by Crippen LogP contribution is -2.57. The number of carbonyl (C=O) groups excluding carboxylic acids is 1. The van der Waals surface area contributed by atoms with Crippen molar-refractivity contribution >= 4 is 16.8 Å². The number of rotatable bonds is 6. The molecular formula is C22H26N4O2. The zero-order valence-corrected chi connectivity index (χ0v) is 16.1. The third kappa shape index (κ3) is 3.73. The maximum absolute atomic E-state index is 13.1. The van der Waals surface area contributed by atoms with Gasteiger partial charge < -0.3 is 20.4 Å². The smallest absolute Gasteiger partial charge is 0.264 e. The average molecular weight is 378 g/mol. The molecule has 146 valence electrons. The number of piperidine rings is 1. The van der Waals surface area contributed by atoms with E-state index in [4.69, 9.17) is 4.74 Å². The molecule has 3 N–H and O–H groups in total. The number of aromatic nitrogens is 2. The number of hydrogen-bond acceptors (Lipinski definition) is 4. The van der Waals surface area contributed by atoms with Gasteiger partial charge in [0.1, 0.15) is 5.75 Å². The summed E-state index contributed by atoms with van der Waals surface area (Å²) in [7, 11) is 0. The number of carbonyl (C=O) groups is 1. The highest BCUT2D eigenvalue weighted by Gasteiger charge is 2.42. The monoisotopic (exact) mass is 378 g/mol. The summed E-state index contributed by atoms with van der Waals surface area (Å²) in [6.45, 7) is 3.99. The van der Waals surface area contributed by atoms with Crippen LogP contribution in [0.4, 0.5) is 0 Å². The lowest BCUT2D eigenvalue weighted by atomic mass is 9.90. The average Bonchev–Trinajstić information content (AvgIpc) is 3.14. The number of fused-ring (bicyclic) bond motifs is 1. The van der Waals surface area contributed by atoms with Crippen LogP contribution in [-0.4, -0.2) is 41.1 Å². The van der Waals surface area contributed by atoms with E-state index in [-0.39, 0.29) is 5.91 Å². The highest BCUT2D eigenvalue weighted by atomic mass is 16.5. The Morgan fingerprint density at radius 1 is 1.21 bits per heavy atom. The van der Waals surface area contributed by atoms with Crippen molar-refractivity contribution in [2.75, 3.05) is 19.6 Å². The minimum Gasteiger partial charge on any atom is -0.475 e. The largest absolute Gasteiger partial charge is 0.475 e. The number of aromatic amines is 1. The molecule has 0 saturated carbocycles. The molecule has 2 aromatic heterocycles. The lowest BCUT2D eigenvalue weighted by molar-refractivity contribution is -0.139. The predicted molar refractivity (Wildman–Crippen MR) is 109 cm³/mol. The van der Waals surface area contributed by atoms with E-state index in [9.17, 15) is 4.79 Å². The Bertz CT molecular complexity index is 960. The van der Waals surface area contributed by atoms with Gasteiger partial charge in [-0.2, -0.15) is 0 Å². The highest BCUT2D eigenvalue weighted by molar-refractivity contribution is 5.86. The highest BCUT2D eigenvalue weighted by Crippen LogP contribution is 2.28. The van der Waals surface area contributed by atoms with Crippen LogP contribution < -0.4 is 15.4 Å². The number of benzene rings is 1. The molecule has 0 aliphatic carbocycles. The minimum atomic E-state index is -0.848. The molecule has 28 heavy (non-hydrogen) atoms. The second-order valence-electron chi connectivity index (χ2n) is 7.30. The molecule has 1 saturated heterocycles. The van der Waals surface area contributed by atoms with Crippen LogP contribution in [0.25, 0.3) is 10.9 Å². The molecule has 0 unspecified atom stereocenters.